The van der Waals surface area contributed by atoms with Crippen LogP contribution in [-0.2, 0) is 17.8 Å². The van der Waals surface area contributed by atoms with Gasteiger partial charge >= 0.3 is 0 Å². The lowest BCUT2D eigenvalue weighted by molar-refractivity contribution is -0.117. The topological polar surface area (TPSA) is 97.4 Å². The number of nitrogens with one attached hydrogen (secondary N) is 2. The van der Waals surface area contributed by atoms with Crippen LogP contribution in [0.3, 0.4) is 0 Å². The SMILES string of the molecule is Cc1c(/C=C(/C#N)C(=O)NCCc2c[nH]c3ccccc23)c2ccccc2n1Cc1ccccc1C#N. The molecule has 0 aliphatic carbocycles. The minimum atomic E-state index is -0.395. The van der Waals surface area contributed by atoms with Gasteiger partial charge in [0, 0.05) is 52.3 Å². The standard InChI is InChI=1S/C31H25N5O/c1-21-28(27-11-5-7-13-30(27)36(21)20-24-9-3-2-8-22(24)17-32)16-25(18-33)31(37)34-15-14-23-19-35-29-12-6-4-10-26(23)29/h2-13,16,19,35H,14-15,20H2,1H3,(H,34,37)/b25-16-. The second kappa shape index (κ2) is 10.3. The van der Waals surface area contributed by atoms with Crippen LogP contribution in [0.2, 0.25) is 0 Å². The maximum absolute atomic E-state index is 12.9. The van der Waals surface area contributed by atoms with Gasteiger partial charge in [-0.2, -0.15) is 10.5 Å². The van der Waals surface area contributed by atoms with E-state index >= 15 is 0 Å². The number of benzene rings is 3. The summed E-state index contributed by atoms with van der Waals surface area (Å²) in [5, 5.41) is 24.3. The van der Waals surface area contributed by atoms with E-state index in [0.29, 0.717) is 25.1 Å². The maximum Gasteiger partial charge on any atom is 0.261 e. The highest BCUT2D eigenvalue weighted by Crippen LogP contribution is 2.29. The summed E-state index contributed by atoms with van der Waals surface area (Å²) in [6.45, 7) is 2.92. The lowest BCUT2D eigenvalue weighted by Gasteiger charge is -2.10. The molecule has 180 valence electrons. The molecule has 5 rings (SSSR count). The average Bonchev–Trinajstić information content (AvgIpc) is 3.46. The zero-order chi connectivity index (χ0) is 25.8. The highest BCUT2D eigenvalue weighted by Gasteiger charge is 2.17. The van der Waals surface area contributed by atoms with Crippen LogP contribution in [0.5, 0.6) is 0 Å². The largest absolute Gasteiger partial charge is 0.361 e. The first-order valence-electron chi connectivity index (χ1n) is 12.1. The molecular weight excluding hydrogens is 458 g/mol. The number of hydrogen-bond acceptors (Lipinski definition) is 3. The van der Waals surface area contributed by atoms with Crippen LogP contribution in [0.25, 0.3) is 27.9 Å². The molecule has 0 unspecified atom stereocenters. The molecule has 0 saturated carbocycles. The van der Waals surface area contributed by atoms with Gasteiger partial charge in [0.15, 0.2) is 0 Å². The Balaban J connectivity index is 1.41. The summed E-state index contributed by atoms with van der Waals surface area (Å²) < 4.78 is 2.13. The number of amides is 1. The minimum Gasteiger partial charge on any atom is -0.361 e. The summed E-state index contributed by atoms with van der Waals surface area (Å²) in [4.78, 5) is 16.2. The van der Waals surface area contributed by atoms with Gasteiger partial charge in [0.1, 0.15) is 11.6 Å². The number of para-hydroxylation sites is 2. The van der Waals surface area contributed by atoms with Gasteiger partial charge in [-0.25, -0.2) is 0 Å². The van der Waals surface area contributed by atoms with Crippen LogP contribution in [0, 0.1) is 29.6 Å². The fourth-order valence-electron chi connectivity index (χ4n) is 4.82. The number of rotatable bonds is 7. The maximum atomic E-state index is 12.9. The summed E-state index contributed by atoms with van der Waals surface area (Å²) in [6, 6.07) is 27.8. The Labute approximate surface area is 215 Å². The molecule has 1 amide bonds. The molecule has 0 aliphatic heterocycles. The molecule has 0 atom stereocenters. The van der Waals surface area contributed by atoms with Crippen LogP contribution in [0.1, 0.15) is 27.9 Å². The van der Waals surface area contributed by atoms with Crippen molar-refractivity contribution in [3.05, 3.63) is 113 Å². The highest BCUT2D eigenvalue weighted by molar-refractivity contribution is 6.04. The van der Waals surface area contributed by atoms with Crippen molar-refractivity contribution in [1.82, 2.24) is 14.9 Å². The van der Waals surface area contributed by atoms with Crippen molar-refractivity contribution >= 4 is 33.8 Å². The van der Waals surface area contributed by atoms with Crippen molar-refractivity contribution in [3.8, 4) is 12.1 Å². The predicted molar refractivity (Wildman–Crippen MR) is 146 cm³/mol. The molecule has 0 spiro atoms. The van der Waals surface area contributed by atoms with Crippen molar-refractivity contribution < 1.29 is 4.79 Å². The van der Waals surface area contributed by atoms with E-state index in [4.69, 9.17) is 0 Å². The first-order valence-corrected chi connectivity index (χ1v) is 12.1. The second-order valence-corrected chi connectivity index (χ2v) is 8.91. The van der Waals surface area contributed by atoms with Crippen LogP contribution in [0.4, 0.5) is 0 Å². The fourth-order valence-corrected chi connectivity index (χ4v) is 4.82. The first-order chi connectivity index (χ1) is 18.1. The van der Waals surface area contributed by atoms with Gasteiger partial charge in [-0.1, -0.05) is 54.6 Å². The van der Waals surface area contributed by atoms with Crippen LogP contribution in [-0.4, -0.2) is 22.0 Å². The zero-order valence-corrected chi connectivity index (χ0v) is 20.5. The first kappa shape index (κ1) is 23.7. The van der Waals surface area contributed by atoms with Gasteiger partial charge in [-0.05, 0) is 48.7 Å². The third-order valence-corrected chi connectivity index (χ3v) is 6.75. The quantitative estimate of drug-likeness (QED) is 0.232. The number of fused-ring (bicyclic) bond motifs is 2. The molecule has 3 aromatic carbocycles. The molecular formula is C31H25N5O. The van der Waals surface area contributed by atoms with Crippen molar-refractivity contribution in [2.24, 2.45) is 0 Å². The van der Waals surface area contributed by atoms with Crippen molar-refractivity contribution in [1.29, 1.82) is 10.5 Å². The molecule has 2 N–H and O–H groups in total. The minimum absolute atomic E-state index is 0.0577. The molecule has 0 radical (unpaired) electrons. The molecule has 6 heteroatoms. The van der Waals surface area contributed by atoms with Gasteiger partial charge in [0.25, 0.3) is 5.91 Å². The van der Waals surface area contributed by atoms with Crippen molar-refractivity contribution in [2.75, 3.05) is 6.54 Å². The van der Waals surface area contributed by atoms with Gasteiger partial charge in [0.2, 0.25) is 0 Å². The highest BCUT2D eigenvalue weighted by atomic mass is 16.1. The number of aromatic amines is 1. The van der Waals surface area contributed by atoms with E-state index in [1.165, 1.54) is 0 Å². The van der Waals surface area contributed by atoms with Crippen molar-refractivity contribution in [2.45, 2.75) is 19.9 Å². The third kappa shape index (κ3) is 4.61. The molecule has 6 nitrogen and oxygen atoms in total. The van der Waals surface area contributed by atoms with E-state index < -0.39 is 5.91 Å². The molecule has 5 aromatic rings. The molecule has 0 fully saturated rings. The molecule has 37 heavy (non-hydrogen) atoms. The summed E-state index contributed by atoms with van der Waals surface area (Å²) in [7, 11) is 0. The second-order valence-electron chi connectivity index (χ2n) is 8.91. The Kier molecular flexibility index (Phi) is 6.57. The van der Waals surface area contributed by atoms with Gasteiger partial charge in [0.05, 0.1) is 11.6 Å². The number of nitriles is 2. The van der Waals surface area contributed by atoms with Crippen LogP contribution in [0.15, 0.2) is 84.6 Å². The van der Waals surface area contributed by atoms with E-state index in [0.717, 1.165) is 44.2 Å². The molecule has 0 aliphatic rings. The van der Waals surface area contributed by atoms with E-state index in [2.05, 4.69) is 33.1 Å². The molecule has 0 saturated heterocycles. The smallest absolute Gasteiger partial charge is 0.261 e. The summed E-state index contributed by atoms with van der Waals surface area (Å²) in [5.41, 5.74) is 6.52. The van der Waals surface area contributed by atoms with Crippen molar-refractivity contribution in [3.63, 3.8) is 0 Å². The number of aromatic nitrogens is 2. The zero-order valence-electron chi connectivity index (χ0n) is 20.5. The van der Waals surface area contributed by atoms with Crippen LogP contribution < -0.4 is 5.32 Å². The predicted octanol–water partition coefficient (Wildman–Crippen LogP) is 5.62. The number of hydrogen-bond donors (Lipinski definition) is 2. The Morgan fingerprint density at radius 1 is 0.973 bits per heavy atom. The van der Waals surface area contributed by atoms with Gasteiger partial charge < -0.3 is 14.9 Å². The Hall–Kier alpha value is -5.07. The van der Waals surface area contributed by atoms with E-state index in [9.17, 15) is 15.3 Å². The number of carbonyl (C=O) groups excluding carboxylic acids is 1. The number of H-pyrrole nitrogens is 1. The summed E-state index contributed by atoms with van der Waals surface area (Å²) in [6.07, 6.45) is 4.29. The van der Waals surface area contributed by atoms with Gasteiger partial charge in [-0.15, -0.1) is 0 Å². The number of nitrogens with zero attached hydrogens (tertiary/aromatic N) is 3. The van der Waals surface area contributed by atoms with E-state index in [1.54, 1.807) is 6.08 Å². The Morgan fingerprint density at radius 3 is 2.51 bits per heavy atom. The Bertz CT molecular complexity index is 1740. The molecule has 2 heterocycles. The monoisotopic (exact) mass is 483 g/mol. The van der Waals surface area contributed by atoms with E-state index in [1.807, 2.05) is 79.9 Å². The number of carbonyl (C=O) groups is 1. The molecule has 2 aromatic heterocycles. The summed E-state index contributed by atoms with van der Waals surface area (Å²) >= 11 is 0. The normalized spacial score (nSPS) is 11.4. The third-order valence-electron chi connectivity index (χ3n) is 6.75. The molecule has 0 bridgehead atoms. The van der Waals surface area contributed by atoms with Crippen LogP contribution >= 0.6 is 0 Å². The fraction of sp³-hybridized carbons (Fsp3) is 0.129. The van der Waals surface area contributed by atoms with E-state index in [-0.39, 0.29) is 5.57 Å². The lowest BCUT2D eigenvalue weighted by atomic mass is 10.1. The van der Waals surface area contributed by atoms with Gasteiger partial charge in [-0.3, -0.25) is 4.79 Å². The lowest BCUT2D eigenvalue weighted by Crippen LogP contribution is -2.26. The Morgan fingerprint density at radius 2 is 1.70 bits per heavy atom. The average molecular weight is 484 g/mol. The summed E-state index contributed by atoms with van der Waals surface area (Å²) in [5.74, 6) is -0.395.